The van der Waals surface area contributed by atoms with E-state index in [1.807, 2.05) is 30.3 Å². The number of rotatable bonds is 4. The first kappa shape index (κ1) is 19.5. The van der Waals surface area contributed by atoms with Crippen molar-refractivity contribution in [2.75, 3.05) is 32.8 Å². The fourth-order valence-corrected chi connectivity index (χ4v) is 4.49. The molecule has 0 bridgehead atoms. The highest BCUT2D eigenvalue weighted by Crippen LogP contribution is 2.36. The van der Waals surface area contributed by atoms with Crippen LogP contribution in [-0.2, 0) is 14.3 Å². The summed E-state index contributed by atoms with van der Waals surface area (Å²) in [5, 5.41) is 0. The molecule has 0 N–H and O–H groups in total. The largest absolute Gasteiger partial charge is 0.450 e. The Labute approximate surface area is 170 Å². The third-order valence-corrected chi connectivity index (χ3v) is 5.93. The molecule has 1 aromatic rings. The van der Waals surface area contributed by atoms with Gasteiger partial charge in [0.25, 0.3) is 11.8 Å². The van der Waals surface area contributed by atoms with E-state index < -0.39 is 0 Å². The lowest BCUT2D eigenvalue weighted by atomic mass is 10.0. The van der Waals surface area contributed by atoms with Gasteiger partial charge in [-0.3, -0.25) is 14.5 Å². The van der Waals surface area contributed by atoms with Crippen molar-refractivity contribution in [3.05, 3.63) is 41.6 Å². The zero-order chi connectivity index (χ0) is 20.4. The van der Waals surface area contributed by atoms with Crippen LogP contribution in [0.25, 0.3) is 5.57 Å². The van der Waals surface area contributed by atoms with Gasteiger partial charge >= 0.3 is 6.09 Å². The monoisotopic (exact) mass is 397 g/mol. The summed E-state index contributed by atoms with van der Waals surface area (Å²) in [6, 6.07) is 9.28. The van der Waals surface area contributed by atoms with Crippen molar-refractivity contribution >= 4 is 23.5 Å². The Morgan fingerprint density at radius 3 is 2.28 bits per heavy atom. The van der Waals surface area contributed by atoms with Crippen LogP contribution in [0.15, 0.2) is 36.0 Å². The first-order valence-electron chi connectivity index (χ1n) is 10.5. The lowest BCUT2D eigenvalue weighted by Crippen LogP contribution is -2.49. The number of carbonyl (C=O) groups excluding carboxylic acids is 3. The molecule has 0 atom stereocenters. The zero-order valence-electron chi connectivity index (χ0n) is 16.8. The molecule has 0 aromatic heterocycles. The molecule has 154 valence electrons. The molecule has 0 saturated carbocycles. The number of nitrogens with zero attached hydrogens (tertiary/aromatic N) is 3. The van der Waals surface area contributed by atoms with Crippen LogP contribution in [0.1, 0.15) is 38.2 Å². The number of piperidine rings is 1. The normalized spacial score (nSPS) is 20.8. The number of hydrogen-bond donors (Lipinski definition) is 0. The number of amides is 3. The molecule has 29 heavy (non-hydrogen) atoms. The minimum Gasteiger partial charge on any atom is -0.450 e. The van der Waals surface area contributed by atoms with Crippen LogP contribution < -0.4 is 0 Å². The Hall–Kier alpha value is -2.83. The predicted octanol–water partition coefficient (Wildman–Crippen LogP) is 2.48. The number of benzene rings is 1. The average molecular weight is 397 g/mol. The maximum Gasteiger partial charge on any atom is 0.409 e. The van der Waals surface area contributed by atoms with Gasteiger partial charge in [-0.25, -0.2) is 4.79 Å². The zero-order valence-corrected chi connectivity index (χ0v) is 16.8. The van der Waals surface area contributed by atoms with Gasteiger partial charge in [0, 0.05) is 32.2 Å². The van der Waals surface area contributed by atoms with Gasteiger partial charge in [0.05, 0.1) is 12.2 Å². The van der Waals surface area contributed by atoms with Gasteiger partial charge in [-0.05, 0) is 38.2 Å². The lowest BCUT2D eigenvalue weighted by molar-refractivity contribution is -0.141. The highest BCUT2D eigenvalue weighted by Gasteiger charge is 2.45. The topological polar surface area (TPSA) is 70.2 Å². The molecule has 3 aliphatic heterocycles. The summed E-state index contributed by atoms with van der Waals surface area (Å²) in [5.74, 6) is -0.400. The van der Waals surface area contributed by atoms with E-state index in [0.29, 0.717) is 43.8 Å². The maximum absolute atomic E-state index is 13.4. The molecule has 4 rings (SSSR count). The van der Waals surface area contributed by atoms with Crippen LogP contribution in [0.5, 0.6) is 0 Å². The van der Waals surface area contributed by atoms with Crippen molar-refractivity contribution in [2.45, 2.75) is 38.6 Å². The van der Waals surface area contributed by atoms with Crippen molar-refractivity contribution in [2.24, 2.45) is 0 Å². The molecule has 7 heteroatoms. The lowest BCUT2D eigenvalue weighted by Gasteiger charge is -2.35. The highest BCUT2D eigenvalue weighted by molar-refractivity contribution is 6.35. The van der Waals surface area contributed by atoms with Crippen molar-refractivity contribution in [3.63, 3.8) is 0 Å². The van der Waals surface area contributed by atoms with Crippen LogP contribution in [0, 0.1) is 0 Å². The van der Waals surface area contributed by atoms with Gasteiger partial charge in [-0.15, -0.1) is 0 Å². The number of likely N-dealkylation sites (tertiary alicyclic amines) is 2. The van der Waals surface area contributed by atoms with E-state index in [1.165, 1.54) is 4.90 Å². The second-order valence-corrected chi connectivity index (χ2v) is 7.68. The molecular formula is C22H27N3O4. The fraction of sp³-hybridized carbons (Fsp3) is 0.500. The summed E-state index contributed by atoms with van der Waals surface area (Å²) >= 11 is 0. The van der Waals surface area contributed by atoms with E-state index in [-0.39, 0.29) is 23.9 Å². The second kappa shape index (κ2) is 8.27. The fourth-order valence-electron chi connectivity index (χ4n) is 4.49. The standard InChI is InChI=1S/C22H27N3O4/c1-2-29-22(28)24-14-10-17(11-15-24)25-20(26)18(16-8-4-3-5-9-16)19(21(25)27)23-12-6-7-13-23/h3-5,8-9,17H,2,6-7,10-15H2,1H3. The van der Waals surface area contributed by atoms with Crippen LogP contribution >= 0.6 is 0 Å². The molecule has 1 aromatic carbocycles. The molecule has 0 unspecified atom stereocenters. The van der Waals surface area contributed by atoms with Gasteiger partial charge in [-0.2, -0.15) is 0 Å². The van der Waals surface area contributed by atoms with Crippen molar-refractivity contribution in [1.82, 2.24) is 14.7 Å². The van der Waals surface area contributed by atoms with Gasteiger partial charge in [0.15, 0.2) is 0 Å². The molecule has 3 heterocycles. The van der Waals surface area contributed by atoms with E-state index >= 15 is 0 Å². The maximum atomic E-state index is 13.4. The molecule has 2 saturated heterocycles. The summed E-state index contributed by atoms with van der Waals surface area (Å²) in [4.78, 5) is 43.9. The van der Waals surface area contributed by atoms with Crippen molar-refractivity contribution in [1.29, 1.82) is 0 Å². The van der Waals surface area contributed by atoms with E-state index in [1.54, 1.807) is 11.8 Å². The third-order valence-electron chi connectivity index (χ3n) is 5.93. The van der Waals surface area contributed by atoms with Gasteiger partial charge in [0.2, 0.25) is 0 Å². The third kappa shape index (κ3) is 3.61. The minimum atomic E-state index is -0.328. The Morgan fingerprint density at radius 2 is 1.66 bits per heavy atom. The number of carbonyl (C=O) groups is 3. The predicted molar refractivity (Wildman–Crippen MR) is 108 cm³/mol. The van der Waals surface area contributed by atoms with Gasteiger partial charge in [0.1, 0.15) is 5.70 Å². The highest BCUT2D eigenvalue weighted by atomic mass is 16.6. The summed E-state index contributed by atoms with van der Waals surface area (Å²) in [5.41, 5.74) is 1.86. The smallest absolute Gasteiger partial charge is 0.409 e. The van der Waals surface area contributed by atoms with E-state index in [4.69, 9.17) is 4.74 Å². The quantitative estimate of drug-likeness (QED) is 0.730. The molecule has 2 fully saturated rings. The number of ether oxygens (including phenoxy) is 1. The van der Waals surface area contributed by atoms with Crippen molar-refractivity contribution < 1.29 is 19.1 Å². The SMILES string of the molecule is CCOC(=O)N1CCC(N2C(=O)C(c3ccccc3)=C(N3CCCC3)C2=O)CC1. The summed E-state index contributed by atoms with van der Waals surface area (Å²) in [6.07, 6.45) is 2.89. The number of imide groups is 1. The number of hydrogen-bond acceptors (Lipinski definition) is 5. The van der Waals surface area contributed by atoms with E-state index in [9.17, 15) is 14.4 Å². The van der Waals surface area contributed by atoms with E-state index in [0.717, 1.165) is 31.5 Å². The average Bonchev–Trinajstić information content (AvgIpc) is 3.35. The van der Waals surface area contributed by atoms with Crippen molar-refractivity contribution in [3.8, 4) is 0 Å². The van der Waals surface area contributed by atoms with Crippen LogP contribution in [0.3, 0.4) is 0 Å². The Kier molecular flexibility index (Phi) is 5.56. The van der Waals surface area contributed by atoms with Gasteiger partial charge < -0.3 is 14.5 Å². The Balaban J connectivity index is 1.57. The Morgan fingerprint density at radius 1 is 1.00 bits per heavy atom. The van der Waals surface area contributed by atoms with Gasteiger partial charge in [-0.1, -0.05) is 30.3 Å². The first-order valence-corrected chi connectivity index (χ1v) is 10.5. The summed E-state index contributed by atoms with van der Waals surface area (Å²) in [7, 11) is 0. The molecule has 3 amide bonds. The Bertz CT molecular complexity index is 822. The first-order chi connectivity index (χ1) is 14.1. The van der Waals surface area contributed by atoms with Crippen LogP contribution in [0.4, 0.5) is 4.79 Å². The second-order valence-electron chi connectivity index (χ2n) is 7.68. The molecule has 3 aliphatic rings. The molecule has 7 nitrogen and oxygen atoms in total. The molecule has 0 aliphatic carbocycles. The van der Waals surface area contributed by atoms with Crippen LogP contribution in [0.2, 0.25) is 0 Å². The van der Waals surface area contributed by atoms with E-state index in [2.05, 4.69) is 4.90 Å². The van der Waals surface area contributed by atoms with Crippen LogP contribution in [-0.4, -0.2) is 71.4 Å². The molecule has 0 radical (unpaired) electrons. The summed E-state index contributed by atoms with van der Waals surface area (Å²) < 4.78 is 5.07. The summed E-state index contributed by atoms with van der Waals surface area (Å²) in [6.45, 7) is 4.70. The minimum absolute atomic E-state index is 0.190. The molecular weight excluding hydrogens is 370 g/mol. The molecule has 0 spiro atoms.